The first-order valence-electron chi connectivity index (χ1n) is 8.05. The number of Topliss-reactive ketones (excluding diaryl/α,β-unsaturated/α-hetero) is 1. The SMILES string of the molecule is CC(=O)c1cccc(Nc2cc(N(C)c3ccccc3)nc(C)n2)c1. The topological polar surface area (TPSA) is 58.1 Å². The van der Waals surface area contributed by atoms with Crippen molar-refractivity contribution >= 4 is 28.8 Å². The zero-order valence-electron chi connectivity index (χ0n) is 14.5. The molecule has 0 amide bonds. The molecule has 3 rings (SSSR count). The third-order valence-corrected chi connectivity index (χ3v) is 3.85. The minimum Gasteiger partial charge on any atom is -0.340 e. The van der Waals surface area contributed by atoms with Gasteiger partial charge in [0.15, 0.2) is 5.78 Å². The molecular formula is C20H20N4O. The third kappa shape index (κ3) is 4.01. The molecule has 0 bridgehead atoms. The van der Waals surface area contributed by atoms with Crippen LogP contribution >= 0.6 is 0 Å². The Kier molecular flexibility index (Phi) is 4.75. The molecule has 0 unspecified atom stereocenters. The van der Waals surface area contributed by atoms with Crippen molar-refractivity contribution in [3.63, 3.8) is 0 Å². The van der Waals surface area contributed by atoms with E-state index in [0.717, 1.165) is 17.2 Å². The van der Waals surface area contributed by atoms with E-state index in [-0.39, 0.29) is 5.78 Å². The Morgan fingerprint density at radius 2 is 1.76 bits per heavy atom. The predicted molar refractivity (Wildman–Crippen MR) is 101 cm³/mol. The number of aryl methyl sites for hydroxylation is 1. The second-order valence-electron chi connectivity index (χ2n) is 5.82. The highest BCUT2D eigenvalue weighted by atomic mass is 16.1. The van der Waals surface area contributed by atoms with E-state index in [1.54, 1.807) is 13.0 Å². The Labute approximate surface area is 147 Å². The van der Waals surface area contributed by atoms with Gasteiger partial charge in [-0.25, -0.2) is 9.97 Å². The van der Waals surface area contributed by atoms with Crippen molar-refractivity contribution in [3.05, 3.63) is 72.1 Å². The highest BCUT2D eigenvalue weighted by Crippen LogP contribution is 2.25. The molecule has 1 heterocycles. The van der Waals surface area contributed by atoms with Crippen LogP contribution < -0.4 is 10.2 Å². The van der Waals surface area contributed by atoms with Gasteiger partial charge < -0.3 is 10.2 Å². The number of hydrogen-bond acceptors (Lipinski definition) is 5. The lowest BCUT2D eigenvalue weighted by Gasteiger charge is -2.19. The molecule has 3 aromatic rings. The molecule has 0 fully saturated rings. The summed E-state index contributed by atoms with van der Waals surface area (Å²) in [7, 11) is 1.97. The molecule has 0 aliphatic heterocycles. The number of para-hydroxylation sites is 1. The average Bonchev–Trinajstić information content (AvgIpc) is 2.61. The molecule has 0 atom stereocenters. The van der Waals surface area contributed by atoms with Crippen molar-refractivity contribution in [1.29, 1.82) is 0 Å². The van der Waals surface area contributed by atoms with Crippen molar-refractivity contribution in [3.8, 4) is 0 Å². The summed E-state index contributed by atoms with van der Waals surface area (Å²) < 4.78 is 0. The number of rotatable bonds is 5. The van der Waals surface area contributed by atoms with E-state index in [4.69, 9.17) is 0 Å². The largest absolute Gasteiger partial charge is 0.340 e. The minimum absolute atomic E-state index is 0.0343. The van der Waals surface area contributed by atoms with Crippen LogP contribution in [0, 0.1) is 6.92 Å². The fourth-order valence-corrected chi connectivity index (χ4v) is 2.54. The highest BCUT2D eigenvalue weighted by molar-refractivity contribution is 5.95. The fourth-order valence-electron chi connectivity index (χ4n) is 2.54. The molecule has 2 aromatic carbocycles. The quantitative estimate of drug-likeness (QED) is 0.697. The maximum atomic E-state index is 11.5. The summed E-state index contributed by atoms with van der Waals surface area (Å²) in [5.74, 6) is 2.19. The molecule has 1 N–H and O–H groups in total. The van der Waals surface area contributed by atoms with Crippen LogP contribution in [0.3, 0.4) is 0 Å². The Hall–Kier alpha value is -3.21. The van der Waals surface area contributed by atoms with Crippen molar-refractivity contribution in [2.45, 2.75) is 13.8 Å². The average molecular weight is 332 g/mol. The van der Waals surface area contributed by atoms with Crippen LogP contribution in [0.5, 0.6) is 0 Å². The molecule has 0 aliphatic carbocycles. The third-order valence-electron chi connectivity index (χ3n) is 3.85. The number of nitrogens with one attached hydrogen (secondary N) is 1. The van der Waals surface area contributed by atoms with Gasteiger partial charge in [0.25, 0.3) is 0 Å². The zero-order chi connectivity index (χ0) is 17.8. The Bertz CT molecular complexity index is 893. The normalized spacial score (nSPS) is 10.4. The van der Waals surface area contributed by atoms with E-state index in [9.17, 15) is 4.79 Å². The molecule has 1 aromatic heterocycles. The van der Waals surface area contributed by atoms with Gasteiger partial charge in [-0.15, -0.1) is 0 Å². The van der Waals surface area contributed by atoms with Gasteiger partial charge in [0.05, 0.1) is 0 Å². The second-order valence-corrected chi connectivity index (χ2v) is 5.82. The molecule has 5 heteroatoms. The number of carbonyl (C=O) groups excluding carboxylic acids is 1. The van der Waals surface area contributed by atoms with Crippen molar-refractivity contribution in [2.24, 2.45) is 0 Å². The summed E-state index contributed by atoms with van der Waals surface area (Å²) in [6.45, 7) is 3.42. The molecule has 5 nitrogen and oxygen atoms in total. The molecule has 0 spiro atoms. The summed E-state index contributed by atoms with van der Waals surface area (Å²) in [6.07, 6.45) is 0. The Morgan fingerprint density at radius 1 is 1.00 bits per heavy atom. The van der Waals surface area contributed by atoms with Crippen LogP contribution in [0.4, 0.5) is 23.0 Å². The van der Waals surface area contributed by atoms with Crippen molar-refractivity contribution in [2.75, 3.05) is 17.3 Å². The van der Waals surface area contributed by atoms with Crippen LogP contribution in [-0.2, 0) is 0 Å². The van der Waals surface area contributed by atoms with Crippen LogP contribution in [-0.4, -0.2) is 22.8 Å². The summed E-state index contributed by atoms with van der Waals surface area (Å²) in [5.41, 5.74) is 2.53. The molecule has 0 radical (unpaired) electrons. The number of carbonyl (C=O) groups is 1. The van der Waals surface area contributed by atoms with Gasteiger partial charge in [-0.2, -0.15) is 0 Å². The first-order valence-corrected chi connectivity index (χ1v) is 8.05. The van der Waals surface area contributed by atoms with Crippen LogP contribution in [0.1, 0.15) is 23.1 Å². The second kappa shape index (κ2) is 7.13. The smallest absolute Gasteiger partial charge is 0.159 e. The van der Waals surface area contributed by atoms with Gasteiger partial charge in [-0.05, 0) is 38.1 Å². The van der Waals surface area contributed by atoms with E-state index < -0.39 is 0 Å². The van der Waals surface area contributed by atoms with Crippen LogP contribution in [0.2, 0.25) is 0 Å². The number of ketones is 1. The summed E-state index contributed by atoms with van der Waals surface area (Å²) in [5, 5.41) is 3.26. The molecule has 0 aliphatic rings. The van der Waals surface area contributed by atoms with Crippen molar-refractivity contribution < 1.29 is 4.79 Å². The number of aromatic nitrogens is 2. The van der Waals surface area contributed by atoms with Gasteiger partial charge in [-0.3, -0.25) is 4.79 Å². The first-order chi connectivity index (χ1) is 12.0. The van der Waals surface area contributed by atoms with E-state index >= 15 is 0 Å². The maximum absolute atomic E-state index is 11.5. The molecule has 126 valence electrons. The number of nitrogens with zero attached hydrogens (tertiary/aromatic N) is 3. The molecule has 25 heavy (non-hydrogen) atoms. The van der Waals surface area contributed by atoms with Gasteiger partial charge in [-0.1, -0.05) is 30.3 Å². The van der Waals surface area contributed by atoms with Crippen LogP contribution in [0.25, 0.3) is 0 Å². The van der Waals surface area contributed by atoms with Gasteiger partial charge in [0.2, 0.25) is 0 Å². The summed E-state index contributed by atoms with van der Waals surface area (Å²) in [6, 6.07) is 19.3. The zero-order valence-corrected chi connectivity index (χ0v) is 14.5. The number of benzene rings is 2. The maximum Gasteiger partial charge on any atom is 0.159 e. The van der Waals surface area contributed by atoms with Crippen molar-refractivity contribution in [1.82, 2.24) is 9.97 Å². The molecular weight excluding hydrogens is 312 g/mol. The fraction of sp³-hybridized carbons (Fsp3) is 0.150. The van der Waals surface area contributed by atoms with Gasteiger partial charge in [0, 0.05) is 30.1 Å². The summed E-state index contributed by atoms with van der Waals surface area (Å²) in [4.78, 5) is 22.5. The van der Waals surface area contributed by atoms with Gasteiger partial charge >= 0.3 is 0 Å². The Morgan fingerprint density at radius 3 is 2.48 bits per heavy atom. The number of hydrogen-bond donors (Lipinski definition) is 1. The first kappa shape index (κ1) is 16.6. The summed E-state index contributed by atoms with van der Waals surface area (Å²) >= 11 is 0. The monoisotopic (exact) mass is 332 g/mol. The van der Waals surface area contributed by atoms with E-state index in [0.29, 0.717) is 17.2 Å². The predicted octanol–water partition coefficient (Wildman–Crippen LogP) is 4.50. The lowest BCUT2D eigenvalue weighted by Crippen LogP contribution is -2.12. The lowest BCUT2D eigenvalue weighted by molar-refractivity contribution is 0.101. The van der Waals surface area contributed by atoms with Crippen LogP contribution in [0.15, 0.2) is 60.7 Å². The van der Waals surface area contributed by atoms with E-state index in [1.807, 2.05) is 73.5 Å². The Balaban J connectivity index is 1.89. The number of anilines is 4. The molecule has 0 saturated carbocycles. The minimum atomic E-state index is 0.0343. The standard InChI is InChI=1S/C20H20N4O/c1-14(25)16-8-7-9-17(12-16)23-19-13-20(22-15(2)21-19)24(3)18-10-5-4-6-11-18/h4-13H,1-3H3,(H,21,22,23). The van der Waals surface area contributed by atoms with E-state index in [2.05, 4.69) is 15.3 Å². The van der Waals surface area contributed by atoms with E-state index in [1.165, 1.54) is 0 Å². The molecule has 0 saturated heterocycles. The highest BCUT2D eigenvalue weighted by Gasteiger charge is 2.09. The van der Waals surface area contributed by atoms with Gasteiger partial charge in [0.1, 0.15) is 17.5 Å². The lowest BCUT2D eigenvalue weighted by atomic mass is 10.1.